The van der Waals surface area contributed by atoms with E-state index in [0.717, 1.165) is 22.1 Å². The van der Waals surface area contributed by atoms with Crippen LogP contribution in [0.2, 0.25) is 0 Å². The fraction of sp³-hybridized carbons (Fsp3) is 0.739. The maximum Gasteiger partial charge on any atom is 0.104 e. The van der Waals surface area contributed by atoms with Gasteiger partial charge in [0.1, 0.15) is 13.1 Å². The highest BCUT2D eigenvalue weighted by molar-refractivity contribution is 5.14. The van der Waals surface area contributed by atoms with Gasteiger partial charge in [0, 0.05) is 11.1 Å². The molecule has 0 bridgehead atoms. The normalized spacial score (nSPS) is 11.3. The summed E-state index contributed by atoms with van der Waals surface area (Å²) in [7, 11) is 9.47. The van der Waals surface area contributed by atoms with E-state index in [9.17, 15) is 0 Å². The van der Waals surface area contributed by atoms with Gasteiger partial charge >= 0.3 is 0 Å². The minimum absolute atomic E-state index is 0. The van der Waals surface area contributed by atoms with Crippen LogP contribution < -0.4 is 24.8 Å². The highest BCUT2D eigenvalue weighted by Gasteiger charge is 2.16. The summed E-state index contributed by atoms with van der Waals surface area (Å²) in [6.07, 6.45) is 34.4. The topological polar surface area (TPSA) is 0 Å². The zero-order chi connectivity index (χ0) is 35.0. The second-order valence-corrected chi connectivity index (χ2v) is 16.4. The minimum atomic E-state index is 0. The molecule has 50 heavy (non-hydrogen) atoms. The second-order valence-electron chi connectivity index (χ2n) is 16.4. The molecule has 0 aliphatic rings. The van der Waals surface area contributed by atoms with Crippen molar-refractivity contribution in [3.8, 4) is 0 Å². The van der Waals surface area contributed by atoms with Crippen LogP contribution in [-0.4, -0.2) is 50.2 Å². The third-order valence-electron chi connectivity index (χ3n) is 10.1. The monoisotopic (exact) mass is 735 g/mol. The molecule has 2 nitrogen and oxygen atoms in total. The van der Waals surface area contributed by atoms with E-state index in [0.29, 0.717) is 0 Å². The van der Waals surface area contributed by atoms with Crippen molar-refractivity contribution in [3.05, 3.63) is 71.8 Å². The zero-order valence-corrected chi connectivity index (χ0v) is 35.7. The van der Waals surface area contributed by atoms with Crippen LogP contribution in [0.1, 0.15) is 179 Å². The summed E-state index contributed by atoms with van der Waals surface area (Å²) in [5.41, 5.74) is 2.92. The maximum absolute atomic E-state index is 2.37. The summed E-state index contributed by atoms with van der Waals surface area (Å²) in [6.45, 7) is 9.49. The predicted octanol–water partition coefficient (Wildman–Crippen LogP) is 7.94. The lowest BCUT2D eigenvalue weighted by Gasteiger charge is -2.30. The Hall–Kier alpha value is -1.06. The van der Waals surface area contributed by atoms with Gasteiger partial charge in [0.15, 0.2) is 0 Å². The van der Waals surface area contributed by atoms with Gasteiger partial charge in [0.05, 0.1) is 41.3 Å². The summed E-state index contributed by atoms with van der Waals surface area (Å²) in [5, 5.41) is 0. The summed E-state index contributed by atoms with van der Waals surface area (Å²) in [6, 6.07) is 21.8. The first-order chi connectivity index (χ1) is 23.3. The second kappa shape index (κ2) is 35.0. The van der Waals surface area contributed by atoms with Crippen molar-refractivity contribution in [2.45, 2.75) is 181 Å². The van der Waals surface area contributed by atoms with Crippen molar-refractivity contribution < 1.29 is 33.8 Å². The van der Waals surface area contributed by atoms with E-state index in [2.05, 4.69) is 103 Å². The molecule has 2 rings (SSSR count). The van der Waals surface area contributed by atoms with Crippen LogP contribution in [-0.2, 0) is 13.1 Å². The molecule has 0 saturated carbocycles. The van der Waals surface area contributed by atoms with Gasteiger partial charge in [-0.25, -0.2) is 0 Å². The molecule has 0 atom stereocenters. The molecule has 0 amide bonds. The fourth-order valence-electron chi connectivity index (χ4n) is 7.08. The Morgan fingerprint density at radius 2 is 0.540 bits per heavy atom. The molecule has 0 fully saturated rings. The fourth-order valence-corrected chi connectivity index (χ4v) is 7.08. The molecule has 4 heteroatoms. The third-order valence-corrected chi connectivity index (χ3v) is 10.1. The highest BCUT2D eigenvalue weighted by atomic mass is 35.5. The molecular weight excluding hydrogens is 651 g/mol. The molecule has 0 aliphatic carbocycles. The lowest BCUT2D eigenvalue weighted by molar-refractivity contribution is -0.903. The van der Waals surface area contributed by atoms with Gasteiger partial charge < -0.3 is 33.8 Å². The molecule has 0 aliphatic heterocycles. The van der Waals surface area contributed by atoms with Crippen LogP contribution in [0.4, 0.5) is 0 Å². The molecule has 2 aromatic rings. The van der Waals surface area contributed by atoms with Crippen molar-refractivity contribution >= 4 is 0 Å². The van der Waals surface area contributed by atoms with Gasteiger partial charge in [0.25, 0.3) is 0 Å². The van der Waals surface area contributed by atoms with Gasteiger partial charge in [-0.3, -0.25) is 0 Å². The minimum Gasteiger partial charge on any atom is -1.00 e. The maximum atomic E-state index is 2.37. The van der Waals surface area contributed by atoms with Gasteiger partial charge in [-0.05, 0) is 25.7 Å². The van der Waals surface area contributed by atoms with Crippen LogP contribution >= 0.6 is 0 Å². The number of nitrogens with zero attached hydrogens (tertiary/aromatic N) is 2. The van der Waals surface area contributed by atoms with Crippen molar-refractivity contribution in [3.63, 3.8) is 0 Å². The van der Waals surface area contributed by atoms with Crippen LogP contribution in [0.25, 0.3) is 0 Å². The Labute approximate surface area is 326 Å². The summed E-state index contributed by atoms with van der Waals surface area (Å²) >= 11 is 0. The third kappa shape index (κ3) is 32.8. The number of benzene rings is 2. The van der Waals surface area contributed by atoms with Gasteiger partial charge in [0.2, 0.25) is 0 Å². The van der Waals surface area contributed by atoms with E-state index in [1.54, 1.807) is 0 Å². The van der Waals surface area contributed by atoms with Crippen molar-refractivity contribution in [2.75, 3.05) is 41.3 Å². The molecule has 2 aromatic carbocycles. The Morgan fingerprint density at radius 1 is 0.320 bits per heavy atom. The van der Waals surface area contributed by atoms with Crippen molar-refractivity contribution in [1.29, 1.82) is 0 Å². The predicted molar refractivity (Wildman–Crippen MR) is 216 cm³/mol. The van der Waals surface area contributed by atoms with Gasteiger partial charge in [-0.15, -0.1) is 0 Å². The Bertz CT molecular complexity index is 854. The van der Waals surface area contributed by atoms with E-state index < -0.39 is 0 Å². The molecule has 292 valence electrons. The Balaban J connectivity index is 0. The van der Waals surface area contributed by atoms with Crippen LogP contribution in [0.5, 0.6) is 0 Å². The lowest BCUT2D eigenvalue weighted by Crippen LogP contribution is -3.00. The van der Waals surface area contributed by atoms with Gasteiger partial charge in [-0.2, -0.15) is 0 Å². The van der Waals surface area contributed by atoms with E-state index in [-0.39, 0.29) is 24.8 Å². The highest BCUT2D eigenvalue weighted by Crippen LogP contribution is 2.16. The molecule has 0 heterocycles. The quantitative estimate of drug-likeness (QED) is 0.0565. The van der Waals surface area contributed by atoms with Crippen LogP contribution in [0, 0.1) is 0 Å². The molecular formula is C46H84Cl2N2. The number of hydrogen-bond donors (Lipinski definition) is 0. The van der Waals surface area contributed by atoms with Crippen molar-refractivity contribution in [2.24, 2.45) is 0 Å². The lowest BCUT2D eigenvalue weighted by atomic mass is 10.1. The Kier molecular flexibility index (Phi) is 35.7. The van der Waals surface area contributed by atoms with Gasteiger partial charge in [-0.1, -0.05) is 203 Å². The standard InChI is InChI=1S/2C23H42N.2ClH/c2*1-4-5-6-7-8-9-10-11-12-13-14-18-21-24(2,3)22-23-19-16-15-17-20-23;;/h2*15-17,19-20H,4-14,18,21-22H2,1-3H3;2*1H/q2*+1;;/p-2. The van der Waals surface area contributed by atoms with E-state index in [1.165, 1.54) is 178 Å². The smallest absolute Gasteiger partial charge is 0.104 e. The average Bonchev–Trinajstić information content (AvgIpc) is 3.06. The number of quaternary nitrogens is 2. The summed E-state index contributed by atoms with van der Waals surface area (Å²) in [4.78, 5) is 0. The van der Waals surface area contributed by atoms with E-state index >= 15 is 0 Å². The van der Waals surface area contributed by atoms with Crippen LogP contribution in [0.15, 0.2) is 60.7 Å². The first-order valence-electron chi connectivity index (χ1n) is 21.0. The van der Waals surface area contributed by atoms with Crippen LogP contribution in [0.3, 0.4) is 0 Å². The molecule has 0 radical (unpaired) electrons. The molecule has 0 aromatic heterocycles. The Morgan fingerprint density at radius 3 is 0.780 bits per heavy atom. The molecule has 0 spiro atoms. The first kappa shape index (κ1) is 51.0. The molecule has 0 unspecified atom stereocenters. The van der Waals surface area contributed by atoms with E-state index in [4.69, 9.17) is 0 Å². The number of unbranched alkanes of at least 4 members (excludes halogenated alkanes) is 22. The molecule has 0 saturated heterocycles. The van der Waals surface area contributed by atoms with Crippen molar-refractivity contribution in [1.82, 2.24) is 0 Å². The van der Waals surface area contributed by atoms with E-state index in [1.807, 2.05) is 0 Å². The average molecular weight is 736 g/mol. The SMILES string of the molecule is CCCCCCCCCCCCCC[N+](C)(C)Cc1ccccc1.CCCCCCCCCCCCCC[N+](C)(C)Cc1ccccc1.[Cl-].[Cl-]. The summed E-state index contributed by atoms with van der Waals surface area (Å²) < 4.78 is 2.23. The zero-order valence-electron chi connectivity index (χ0n) is 34.2. The summed E-state index contributed by atoms with van der Waals surface area (Å²) in [5.74, 6) is 0. The largest absolute Gasteiger partial charge is 1.00 e. The number of halogens is 2. The number of rotatable bonds is 30. The number of hydrogen-bond acceptors (Lipinski definition) is 0. The first-order valence-corrected chi connectivity index (χ1v) is 21.0. The molecule has 0 N–H and O–H groups in total.